The Kier molecular flexibility index (Phi) is 7.64. The van der Waals surface area contributed by atoms with Crippen LogP contribution in [-0.4, -0.2) is 9.13 Å². The lowest BCUT2D eigenvalue weighted by Gasteiger charge is -2.14. The van der Waals surface area contributed by atoms with E-state index in [0.29, 0.717) is 0 Å². The highest BCUT2D eigenvalue weighted by Gasteiger charge is 2.17. The van der Waals surface area contributed by atoms with E-state index in [4.69, 9.17) is 0 Å². The highest BCUT2D eigenvalue weighted by molar-refractivity contribution is 6.25. The molecule has 0 bridgehead atoms. The molecule has 11 aromatic carbocycles. The molecule has 0 fully saturated rings. The second-order valence-electron chi connectivity index (χ2n) is 16.5. The molecule has 0 saturated carbocycles. The molecular formula is C60H38N2. The van der Waals surface area contributed by atoms with Crippen LogP contribution < -0.4 is 0 Å². The normalized spacial score (nSPS) is 11.9. The van der Waals surface area contributed by atoms with Gasteiger partial charge in [-0.1, -0.05) is 170 Å². The number of hydrogen-bond donors (Lipinski definition) is 0. The molecular weight excluding hydrogens is 749 g/mol. The van der Waals surface area contributed by atoms with E-state index in [1.54, 1.807) is 0 Å². The molecule has 288 valence electrons. The first kappa shape index (κ1) is 34.6. The predicted molar refractivity (Wildman–Crippen MR) is 264 cm³/mol. The predicted octanol–water partition coefficient (Wildman–Crippen LogP) is 16.3. The summed E-state index contributed by atoms with van der Waals surface area (Å²) in [4.78, 5) is 0. The summed E-state index contributed by atoms with van der Waals surface area (Å²) >= 11 is 0. The van der Waals surface area contributed by atoms with Crippen molar-refractivity contribution in [3.63, 3.8) is 0 Å². The van der Waals surface area contributed by atoms with Crippen LogP contribution in [0.5, 0.6) is 0 Å². The van der Waals surface area contributed by atoms with Crippen molar-refractivity contribution in [2.24, 2.45) is 0 Å². The Balaban J connectivity index is 0.835. The van der Waals surface area contributed by atoms with E-state index in [2.05, 4.69) is 240 Å². The van der Waals surface area contributed by atoms with Gasteiger partial charge in [0.2, 0.25) is 0 Å². The number of aromatic nitrogens is 2. The van der Waals surface area contributed by atoms with Gasteiger partial charge in [-0.3, -0.25) is 0 Å². The molecule has 62 heavy (non-hydrogen) atoms. The summed E-state index contributed by atoms with van der Waals surface area (Å²) in [6, 6.07) is 84.6. The van der Waals surface area contributed by atoms with Crippen molar-refractivity contribution in [2.75, 3.05) is 0 Å². The lowest BCUT2D eigenvalue weighted by atomic mass is 9.94. The van der Waals surface area contributed by atoms with Crippen LogP contribution in [0.3, 0.4) is 0 Å². The standard InChI is InChI=1S/C60H38N2/c1-2-12-45(13-3-1)61-57-20-10-8-18-52(57)55-36-43(30-34-59(55)61)41-26-22-39(23-27-41)40-24-28-42(29-25-40)44-31-35-60-56(37-44)53-19-9-11-21-58(53)62(60)46-32-33-51-49-16-5-4-14-47(49)48-15-6-7-17-50(48)54(51)38-46/h1-38H. The maximum atomic E-state index is 2.44. The Labute approximate surface area is 358 Å². The molecule has 0 aliphatic heterocycles. The quantitative estimate of drug-likeness (QED) is 0.154. The van der Waals surface area contributed by atoms with Crippen molar-refractivity contribution in [1.82, 2.24) is 9.13 Å². The molecule has 2 heterocycles. The molecule has 0 N–H and O–H groups in total. The average Bonchev–Trinajstić information content (AvgIpc) is 3.86. The number of benzene rings is 11. The summed E-state index contributed by atoms with van der Waals surface area (Å²) < 4.78 is 4.80. The fourth-order valence-corrected chi connectivity index (χ4v) is 10.2. The van der Waals surface area contributed by atoms with Gasteiger partial charge in [-0.05, 0) is 126 Å². The smallest absolute Gasteiger partial charge is 0.0541 e. The monoisotopic (exact) mass is 786 g/mol. The zero-order chi connectivity index (χ0) is 40.7. The van der Waals surface area contributed by atoms with Crippen molar-refractivity contribution < 1.29 is 0 Å². The summed E-state index contributed by atoms with van der Waals surface area (Å²) in [6.07, 6.45) is 0. The molecule has 0 saturated heterocycles. The second-order valence-corrected chi connectivity index (χ2v) is 16.5. The van der Waals surface area contributed by atoms with Crippen LogP contribution in [0, 0.1) is 0 Å². The zero-order valence-corrected chi connectivity index (χ0v) is 33.8. The molecule has 0 unspecified atom stereocenters. The lowest BCUT2D eigenvalue weighted by molar-refractivity contribution is 1.18. The maximum absolute atomic E-state index is 2.44. The van der Waals surface area contributed by atoms with Gasteiger partial charge in [-0.2, -0.15) is 0 Å². The van der Waals surface area contributed by atoms with Gasteiger partial charge in [0.05, 0.1) is 22.1 Å². The SMILES string of the molecule is c1ccc(-n2c3ccccc3c3cc(-c4ccc(-c5ccc(-c6ccc7c(c6)c6ccccc6n7-c6ccc7c8ccccc8c8ccccc8c7c6)cc5)cc4)ccc32)cc1. The van der Waals surface area contributed by atoms with Gasteiger partial charge in [-0.25, -0.2) is 0 Å². The highest BCUT2D eigenvalue weighted by Crippen LogP contribution is 2.40. The first-order valence-electron chi connectivity index (χ1n) is 21.4. The van der Waals surface area contributed by atoms with Crippen molar-refractivity contribution in [2.45, 2.75) is 0 Å². The van der Waals surface area contributed by atoms with Gasteiger partial charge < -0.3 is 9.13 Å². The van der Waals surface area contributed by atoms with Crippen LogP contribution in [0.1, 0.15) is 0 Å². The third-order valence-electron chi connectivity index (χ3n) is 13.1. The molecule has 0 spiro atoms. The van der Waals surface area contributed by atoms with Gasteiger partial charge >= 0.3 is 0 Å². The minimum Gasteiger partial charge on any atom is -0.309 e. The summed E-state index contributed by atoms with van der Waals surface area (Å²) in [7, 11) is 0. The second kappa shape index (κ2) is 13.7. The Morgan fingerprint density at radius 2 is 0.516 bits per heavy atom. The van der Waals surface area contributed by atoms with Crippen LogP contribution in [0.25, 0.3) is 121 Å². The Hall–Kier alpha value is -8.20. The zero-order valence-electron chi connectivity index (χ0n) is 33.8. The number of rotatable bonds is 5. The molecule has 2 heteroatoms. The third-order valence-corrected chi connectivity index (χ3v) is 13.1. The molecule has 0 amide bonds. The Bertz CT molecular complexity index is 3850. The van der Waals surface area contributed by atoms with E-state index >= 15 is 0 Å². The van der Waals surface area contributed by atoms with E-state index in [-0.39, 0.29) is 0 Å². The number of nitrogens with zero attached hydrogens (tertiary/aromatic N) is 2. The van der Waals surface area contributed by atoms with E-state index in [1.165, 1.54) is 121 Å². The van der Waals surface area contributed by atoms with E-state index in [9.17, 15) is 0 Å². The van der Waals surface area contributed by atoms with E-state index < -0.39 is 0 Å². The number of para-hydroxylation sites is 3. The van der Waals surface area contributed by atoms with E-state index in [0.717, 1.165) is 0 Å². The Morgan fingerprint density at radius 3 is 1.00 bits per heavy atom. The van der Waals surface area contributed by atoms with Crippen LogP contribution in [0.2, 0.25) is 0 Å². The largest absolute Gasteiger partial charge is 0.309 e. The molecule has 2 nitrogen and oxygen atoms in total. The van der Waals surface area contributed by atoms with E-state index in [1.807, 2.05) is 0 Å². The van der Waals surface area contributed by atoms with Crippen LogP contribution in [0.4, 0.5) is 0 Å². The minimum atomic E-state index is 1.17. The van der Waals surface area contributed by atoms with Crippen LogP contribution in [0.15, 0.2) is 231 Å². The Morgan fingerprint density at radius 1 is 0.177 bits per heavy atom. The van der Waals surface area contributed by atoms with Gasteiger partial charge in [0.15, 0.2) is 0 Å². The summed E-state index contributed by atoms with van der Waals surface area (Å²) in [5.41, 5.74) is 14.5. The molecule has 0 radical (unpaired) electrons. The fourth-order valence-electron chi connectivity index (χ4n) is 10.2. The first-order chi connectivity index (χ1) is 30.7. The molecule has 2 aromatic heterocycles. The first-order valence-corrected chi connectivity index (χ1v) is 21.4. The topological polar surface area (TPSA) is 9.86 Å². The van der Waals surface area contributed by atoms with Crippen molar-refractivity contribution in [3.05, 3.63) is 231 Å². The number of fused-ring (bicyclic) bond motifs is 12. The minimum absolute atomic E-state index is 1.17. The average molecular weight is 787 g/mol. The molecule has 0 aliphatic carbocycles. The summed E-state index contributed by atoms with van der Waals surface area (Å²) in [5, 5.41) is 12.8. The fraction of sp³-hybridized carbons (Fsp3) is 0. The maximum Gasteiger partial charge on any atom is 0.0541 e. The summed E-state index contributed by atoms with van der Waals surface area (Å²) in [6.45, 7) is 0. The van der Waals surface area contributed by atoms with Crippen LogP contribution >= 0.6 is 0 Å². The van der Waals surface area contributed by atoms with Gasteiger partial charge in [0.1, 0.15) is 0 Å². The molecule has 0 atom stereocenters. The van der Waals surface area contributed by atoms with Gasteiger partial charge in [0, 0.05) is 32.9 Å². The lowest BCUT2D eigenvalue weighted by Crippen LogP contribution is -1.94. The van der Waals surface area contributed by atoms with Crippen LogP contribution in [-0.2, 0) is 0 Å². The van der Waals surface area contributed by atoms with Crippen molar-refractivity contribution in [1.29, 1.82) is 0 Å². The summed E-state index contributed by atoms with van der Waals surface area (Å²) in [5.74, 6) is 0. The van der Waals surface area contributed by atoms with Crippen molar-refractivity contribution in [3.8, 4) is 44.8 Å². The van der Waals surface area contributed by atoms with Gasteiger partial charge in [0.25, 0.3) is 0 Å². The molecule has 0 aliphatic rings. The van der Waals surface area contributed by atoms with Crippen molar-refractivity contribution >= 4 is 75.9 Å². The number of hydrogen-bond acceptors (Lipinski definition) is 0. The molecule has 13 rings (SSSR count). The van der Waals surface area contributed by atoms with Gasteiger partial charge in [-0.15, -0.1) is 0 Å². The third kappa shape index (κ3) is 5.30. The highest BCUT2D eigenvalue weighted by atomic mass is 15.0. The molecule has 13 aromatic rings.